The van der Waals surface area contributed by atoms with E-state index in [1.807, 2.05) is 35.1 Å². The zero-order chi connectivity index (χ0) is 13.9. The molecule has 0 amide bonds. The molecule has 20 heavy (non-hydrogen) atoms. The molecule has 2 heterocycles. The third-order valence-electron chi connectivity index (χ3n) is 3.24. The van der Waals surface area contributed by atoms with Gasteiger partial charge in [0.05, 0.1) is 23.8 Å². The second-order valence-corrected chi connectivity index (χ2v) is 5.23. The van der Waals surface area contributed by atoms with E-state index in [0.717, 1.165) is 29.9 Å². The first-order valence-electron chi connectivity index (χ1n) is 6.90. The standard InChI is InChI=1S/C15H19N5/c1-11(2)20-10-12(8-17-20)7-16-9-15-18-13-5-3-4-6-14(13)19-15/h3-6,8,10-11,16H,7,9H2,1-2H3,(H,18,19). The summed E-state index contributed by atoms with van der Waals surface area (Å²) >= 11 is 0. The van der Waals surface area contributed by atoms with Crippen molar-refractivity contribution in [2.75, 3.05) is 0 Å². The first kappa shape index (κ1) is 12.9. The number of rotatable bonds is 5. The molecule has 0 fully saturated rings. The van der Waals surface area contributed by atoms with Crippen LogP contribution in [0.25, 0.3) is 11.0 Å². The highest BCUT2D eigenvalue weighted by Gasteiger charge is 2.03. The molecule has 0 spiro atoms. The Morgan fingerprint density at radius 1 is 1.25 bits per heavy atom. The van der Waals surface area contributed by atoms with Crippen LogP contribution in [0.1, 0.15) is 31.3 Å². The highest BCUT2D eigenvalue weighted by Crippen LogP contribution is 2.10. The summed E-state index contributed by atoms with van der Waals surface area (Å²) in [6.07, 6.45) is 3.99. The summed E-state index contributed by atoms with van der Waals surface area (Å²) in [4.78, 5) is 7.85. The van der Waals surface area contributed by atoms with Gasteiger partial charge >= 0.3 is 0 Å². The Balaban J connectivity index is 1.59. The van der Waals surface area contributed by atoms with Gasteiger partial charge < -0.3 is 10.3 Å². The Hall–Kier alpha value is -2.14. The number of aromatic nitrogens is 4. The minimum absolute atomic E-state index is 0.402. The van der Waals surface area contributed by atoms with Crippen molar-refractivity contribution in [2.45, 2.75) is 33.0 Å². The lowest BCUT2D eigenvalue weighted by atomic mass is 10.3. The molecule has 1 aromatic carbocycles. The van der Waals surface area contributed by atoms with E-state index in [1.54, 1.807) is 0 Å². The largest absolute Gasteiger partial charge is 0.341 e. The Morgan fingerprint density at radius 3 is 2.85 bits per heavy atom. The summed E-state index contributed by atoms with van der Waals surface area (Å²) in [5, 5.41) is 7.71. The minimum Gasteiger partial charge on any atom is -0.341 e. The van der Waals surface area contributed by atoms with E-state index in [2.05, 4.69) is 40.4 Å². The van der Waals surface area contributed by atoms with Crippen molar-refractivity contribution in [2.24, 2.45) is 0 Å². The lowest BCUT2D eigenvalue weighted by Gasteiger charge is -2.03. The van der Waals surface area contributed by atoms with Crippen LogP contribution in [-0.4, -0.2) is 19.7 Å². The number of H-pyrrole nitrogens is 1. The molecule has 0 unspecified atom stereocenters. The first-order chi connectivity index (χ1) is 9.72. The fraction of sp³-hybridized carbons (Fsp3) is 0.333. The number of hydrogen-bond acceptors (Lipinski definition) is 3. The molecule has 0 atom stereocenters. The number of aromatic amines is 1. The van der Waals surface area contributed by atoms with Crippen LogP contribution >= 0.6 is 0 Å². The van der Waals surface area contributed by atoms with Gasteiger partial charge in [0.25, 0.3) is 0 Å². The maximum Gasteiger partial charge on any atom is 0.121 e. The van der Waals surface area contributed by atoms with Gasteiger partial charge in [-0.05, 0) is 26.0 Å². The SMILES string of the molecule is CC(C)n1cc(CNCc2nc3ccccc3[nH]2)cn1. The summed E-state index contributed by atoms with van der Waals surface area (Å²) in [5.41, 5.74) is 3.28. The molecule has 3 aromatic rings. The molecule has 0 saturated carbocycles. The van der Waals surface area contributed by atoms with Crippen molar-refractivity contribution in [1.82, 2.24) is 25.1 Å². The Morgan fingerprint density at radius 2 is 2.10 bits per heavy atom. The summed E-state index contributed by atoms with van der Waals surface area (Å²) < 4.78 is 1.97. The van der Waals surface area contributed by atoms with Gasteiger partial charge in [0.2, 0.25) is 0 Å². The van der Waals surface area contributed by atoms with Crippen LogP contribution in [-0.2, 0) is 13.1 Å². The summed E-state index contributed by atoms with van der Waals surface area (Å²) in [7, 11) is 0. The second kappa shape index (κ2) is 5.46. The first-order valence-corrected chi connectivity index (χ1v) is 6.90. The number of fused-ring (bicyclic) bond motifs is 1. The molecular weight excluding hydrogens is 250 g/mol. The molecular formula is C15H19N5. The van der Waals surface area contributed by atoms with Crippen molar-refractivity contribution in [3.05, 3.63) is 48.0 Å². The van der Waals surface area contributed by atoms with Gasteiger partial charge in [-0.1, -0.05) is 12.1 Å². The van der Waals surface area contributed by atoms with Gasteiger partial charge in [-0.2, -0.15) is 5.10 Å². The number of nitrogens with one attached hydrogen (secondary N) is 2. The van der Waals surface area contributed by atoms with Gasteiger partial charge in [0.1, 0.15) is 5.82 Å². The molecule has 0 aliphatic rings. The van der Waals surface area contributed by atoms with Crippen molar-refractivity contribution < 1.29 is 0 Å². The molecule has 5 nitrogen and oxygen atoms in total. The zero-order valence-corrected chi connectivity index (χ0v) is 11.8. The van der Waals surface area contributed by atoms with E-state index in [0.29, 0.717) is 6.04 Å². The monoisotopic (exact) mass is 269 g/mol. The predicted octanol–water partition coefficient (Wildman–Crippen LogP) is 2.63. The lowest BCUT2D eigenvalue weighted by molar-refractivity contribution is 0.531. The van der Waals surface area contributed by atoms with Gasteiger partial charge in [-0.25, -0.2) is 4.98 Å². The Kier molecular flexibility index (Phi) is 3.52. The van der Waals surface area contributed by atoms with Crippen LogP contribution in [0.5, 0.6) is 0 Å². The van der Waals surface area contributed by atoms with Crippen molar-refractivity contribution in [1.29, 1.82) is 0 Å². The fourth-order valence-electron chi connectivity index (χ4n) is 2.17. The maximum atomic E-state index is 4.54. The number of benzene rings is 1. The van der Waals surface area contributed by atoms with Gasteiger partial charge in [-0.15, -0.1) is 0 Å². The van der Waals surface area contributed by atoms with Crippen LogP contribution in [0.3, 0.4) is 0 Å². The van der Waals surface area contributed by atoms with E-state index in [9.17, 15) is 0 Å². The normalized spacial score (nSPS) is 11.6. The van der Waals surface area contributed by atoms with Crippen LogP contribution in [0, 0.1) is 0 Å². The minimum atomic E-state index is 0.402. The number of nitrogens with zero attached hydrogens (tertiary/aromatic N) is 3. The quantitative estimate of drug-likeness (QED) is 0.748. The van der Waals surface area contributed by atoms with E-state index < -0.39 is 0 Å². The van der Waals surface area contributed by atoms with Crippen molar-refractivity contribution in [3.8, 4) is 0 Å². The molecule has 3 rings (SSSR count). The van der Waals surface area contributed by atoms with E-state index in [1.165, 1.54) is 5.56 Å². The van der Waals surface area contributed by atoms with E-state index >= 15 is 0 Å². The maximum absolute atomic E-state index is 4.54. The highest BCUT2D eigenvalue weighted by molar-refractivity contribution is 5.74. The average Bonchev–Trinajstić information content (AvgIpc) is 3.04. The molecule has 0 bridgehead atoms. The third kappa shape index (κ3) is 2.72. The number of para-hydroxylation sites is 2. The molecule has 2 N–H and O–H groups in total. The molecule has 2 aromatic heterocycles. The van der Waals surface area contributed by atoms with Crippen LogP contribution in [0.4, 0.5) is 0 Å². The zero-order valence-electron chi connectivity index (χ0n) is 11.8. The predicted molar refractivity (Wildman–Crippen MR) is 79.2 cm³/mol. The highest BCUT2D eigenvalue weighted by atomic mass is 15.3. The fourth-order valence-corrected chi connectivity index (χ4v) is 2.17. The summed E-state index contributed by atoms with van der Waals surface area (Å²) in [6.45, 7) is 5.77. The van der Waals surface area contributed by atoms with Crippen molar-refractivity contribution >= 4 is 11.0 Å². The molecule has 0 aliphatic carbocycles. The van der Waals surface area contributed by atoms with Crippen LogP contribution < -0.4 is 5.32 Å². The van der Waals surface area contributed by atoms with Crippen molar-refractivity contribution in [3.63, 3.8) is 0 Å². The number of hydrogen-bond donors (Lipinski definition) is 2. The lowest BCUT2D eigenvalue weighted by Crippen LogP contribution is -2.13. The van der Waals surface area contributed by atoms with Gasteiger partial charge in [0.15, 0.2) is 0 Å². The second-order valence-electron chi connectivity index (χ2n) is 5.23. The molecule has 0 radical (unpaired) electrons. The van der Waals surface area contributed by atoms with Gasteiger partial charge in [-0.3, -0.25) is 4.68 Å². The molecule has 104 valence electrons. The topological polar surface area (TPSA) is 58.5 Å². The Bertz CT molecular complexity index is 662. The molecule has 5 heteroatoms. The molecule has 0 saturated heterocycles. The van der Waals surface area contributed by atoms with E-state index in [-0.39, 0.29) is 0 Å². The smallest absolute Gasteiger partial charge is 0.121 e. The Labute approximate surface area is 118 Å². The number of imidazole rings is 1. The average molecular weight is 269 g/mol. The van der Waals surface area contributed by atoms with Gasteiger partial charge in [0, 0.05) is 24.3 Å². The third-order valence-corrected chi connectivity index (χ3v) is 3.24. The van der Waals surface area contributed by atoms with E-state index in [4.69, 9.17) is 0 Å². The van der Waals surface area contributed by atoms with Crippen LogP contribution in [0.2, 0.25) is 0 Å². The summed E-state index contributed by atoms with van der Waals surface area (Å²) in [5.74, 6) is 0.961. The van der Waals surface area contributed by atoms with Crippen LogP contribution in [0.15, 0.2) is 36.7 Å². The summed E-state index contributed by atoms with van der Waals surface area (Å²) in [6, 6.07) is 8.47. The molecule has 0 aliphatic heterocycles.